The van der Waals surface area contributed by atoms with Crippen molar-refractivity contribution in [2.24, 2.45) is 0 Å². The second-order valence-electron chi connectivity index (χ2n) is 2.74. The number of hydrogen-bond acceptors (Lipinski definition) is 6. The standard InChI is InChI=1S/C8H6ClN3O4S/c1-16-8(13)12-6-2-5(3-10)7(11-4-6)17(9,14)15/h2,4H,1H3,(H,12,13). The average Bonchev–Trinajstić information content (AvgIpc) is 2.27. The number of rotatable bonds is 2. The lowest BCUT2D eigenvalue weighted by atomic mass is 10.3. The van der Waals surface area contributed by atoms with Crippen LogP contribution in [0.25, 0.3) is 0 Å². The molecule has 0 spiro atoms. The topological polar surface area (TPSA) is 109 Å². The second kappa shape index (κ2) is 4.99. The molecular weight excluding hydrogens is 270 g/mol. The number of aromatic nitrogens is 1. The molecule has 0 aliphatic carbocycles. The van der Waals surface area contributed by atoms with Crippen LogP contribution in [-0.2, 0) is 13.8 Å². The van der Waals surface area contributed by atoms with Crippen molar-refractivity contribution in [3.8, 4) is 6.07 Å². The monoisotopic (exact) mass is 275 g/mol. The molecule has 1 amide bonds. The van der Waals surface area contributed by atoms with Gasteiger partial charge in [0.1, 0.15) is 6.07 Å². The van der Waals surface area contributed by atoms with Gasteiger partial charge in [0.15, 0.2) is 5.03 Å². The third kappa shape index (κ3) is 3.30. The number of pyridine rings is 1. The molecular formula is C8H6ClN3O4S. The third-order valence-electron chi connectivity index (χ3n) is 1.63. The minimum Gasteiger partial charge on any atom is -0.453 e. The second-order valence-corrected chi connectivity index (χ2v) is 5.22. The maximum atomic E-state index is 11.0. The zero-order valence-corrected chi connectivity index (χ0v) is 10.0. The van der Waals surface area contributed by atoms with E-state index in [0.29, 0.717) is 0 Å². The van der Waals surface area contributed by atoms with E-state index in [9.17, 15) is 13.2 Å². The molecule has 0 radical (unpaired) electrons. The molecule has 1 aromatic rings. The Labute approximate surface area is 101 Å². The highest BCUT2D eigenvalue weighted by Gasteiger charge is 2.18. The summed E-state index contributed by atoms with van der Waals surface area (Å²) in [4.78, 5) is 14.4. The summed E-state index contributed by atoms with van der Waals surface area (Å²) in [6, 6.07) is 2.74. The van der Waals surface area contributed by atoms with Gasteiger partial charge in [0.25, 0.3) is 9.05 Å². The number of amides is 1. The molecule has 1 heterocycles. The Hall–Kier alpha value is -1.85. The Morgan fingerprint density at radius 2 is 2.29 bits per heavy atom. The summed E-state index contributed by atoms with van der Waals surface area (Å²) in [5, 5.41) is 10.4. The summed E-state index contributed by atoms with van der Waals surface area (Å²) in [5.74, 6) is 0. The van der Waals surface area contributed by atoms with Gasteiger partial charge in [-0.1, -0.05) is 0 Å². The average molecular weight is 276 g/mol. The molecule has 0 saturated heterocycles. The van der Waals surface area contributed by atoms with E-state index in [1.165, 1.54) is 0 Å². The van der Waals surface area contributed by atoms with Crippen LogP contribution in [0, 0.1) is 11.3 Å². The van der Waals surface area contributed by atoms with Crippen molar-refractivity contribution in [3.63, 3.8) is 0 Å². The molecule has 90 valence electrons. The predicted octanol–water partition coefficient (Wildman–Crippen LogP) is 1.06. The maximum absolute atomic E-state index is 11.0. The van der Waals surface area contributed by atoms with Gasteiger partial charge in [-0.15, -0.1) is 0 Å². The largest absolute Gasteiger partial charge is 0.453 e. The minimum absolute atomic E-state index is 0.123. The number of nitrogens with zero attached hydrogens (tertiary/aromatic N) is 2. The van der Waals surface area contributed by atoms with Crippen LogP contribution in [0.5, 0.6) is 0 Å². The van der Waals surface area contributed by atoms with E-state index in [2.05, 4.69) is 15.0 Å². The smallest absolute Gasteiger partial charge is 0.411 e. The zero-order valence-electron chi connectivity index (χ0n) is 8.47. The SMILES string of the molecule is COC(=O)Nc1cnc(S(=O)(=O)Cl)c(C#N)c1. The van der Waals surface area contributed by atoms with Crippen molar-refractivity contribution in [3.05, 3.63) is 17.8 Å². The first-order valence-electron chi connectivity index (χ1n) is 4.08. The first-order valence-corrected chi connectivity index (χ1v) is 6.39. The van der Waals surface area contributed by atoms with Gasteiger partial charge in [-0.05, 0) is 6.07 Å². The number of nitriles is 1. The van der Waals surface area contributed by atoms with E-state index < -0.39 is 20.2 Å². The summed E-state index contributed by atoms with van der Waals surface area (Å²) in [6.07, 6.45) is 0.282. The van der Waals surface area contributed by atoms with Gasteiger partial charge in [-0.3, -0.25) is 5.32 Å². The van der Waals surface area contributed by atoms with Gasteiger partial charge < -0.3 is 4.74 Å². The van der Waals surface area contributed by atoms with E-state index in [0.717, 1.165) is 19.4 Å². The summed E-state index contributed by atoms with van der Waals surface area (Å²) < 4.78 is 26.4. The number of hydrogen-bond donors (Lipinski definition) is 1. The molecule has 7 nitrogen and oxygen atoms in total. The van der Waals surface area contributed by atoms with Gasteiger partial charge in [0.2, 0.25) is 0 Å². The lowest BCUT2D eigenvalue weighted by Crippen LogP contribution is -2.12. The lowest BCUT2D eigenvalue weighted by molar-refractivity contribution is 0.187. The Kier molecular flexibility index (Phi) is 3.88. The third-order valence-corrected chi connectivity index (χ3v) is 2.86. The Morgan fingerprint density at radius 1 is 1.65 bits per heavy atom. The molecule has 0 atom stereocenters. The highest BCUT2D eigenvalue weighted by Crippen LogP contribution is 2.19. The van der Waals surface area contributed by atoms with E-state index >= 15 is 0 Å². The molecule has 1 N–H and O–H groups in total. The fourth-order valence-corrected chi connectivity index (χ4v) is 1.88. The molecule has 0 fully saturated rings. The number of halogens is 1. The molecule has 0 unspecified atom stereocenters. The van der Waals surface area contributed by atoms with Crippen molar-refractivity contribution in [2.75, 3.05) is 12.4 Å². The van der Waals surface area contributed by atoms with Crippen LogP contribution in [0.15, 0.2) is 17.3 Å². The van der Waals surface area contributed by atoms with Crippen LogP contribution in [0.4, 0.5) is 10.5 Å². The van der Waals surface area contributed by atoms with Crippen molar-refractivity contribution in [1.29, 1.82) is 5.26 Å². The van der Waals surface area contributed by atoms with Crippen molar-refractivity contribution in [1.82, 2.24) is 4.98 Å². The van der Waals surface area contributed by atoms with Gasteiger partial charge in [-0.2, -0.15) is 5.26 Å². The van der Waals surface area contributed by atoms with Gasteiger partial charge in [0.05, 0.1) is 24.6 Å². The van der Waals surface area contributed by atoms with Crippen LogP contribution in [-0.4, -0.2) is 26.6 Å². The molecule has 9 heteroatoms. The van der Waals surface area contributed by atoms with Crippen LogP contribution >= 0.6 is 10.7 Å². The molecule has 1 aromatic heterocycles. The number of carbonyl (C=O) groups is 1. The summed E-state index contributed by atoms with van der Waals surface area (Å²) in [6.45, 7) is 0. The summed E-state index contributed by atoms with van der Waals surface area (Å²) in [7, 11) is 2.13. The van der Waals surface area contributed by atoms with Gasteiger partial charge >= 0.3 is 6.09 Å². The van der Waals surface area contributed by atoms with Gasteiger partial charge in [-0.25, -0.2) is 18.2 Å². The van der Waals surface area contributed by atoms with Crippen LogP contribution in [0.2, 0.25) is 0 Å². The highest BCUT2D eigenvalue weighted by molar-refractivity contribution is 8.13. The lowest BCUT2D eigenvalue weighted by Gasteiger charge is -2.04. The quantitative estimate of drug-likeness (QED) is 0.808. The van der Waals surface area contributed by atoms with Crippen molar-refractivity contribution in [2.45, 2.75) is 5.03 Å². The zero-order chi connectivity index (χ0) is 13.1. The summed E-state index contributed by atoms with van der Waals surface area (Å²) in [5.41, 5.74) is -0.147. The first kappa shape index (κ1) is 13.2. The Morgan fingerprint density at radius 3 is 2.76 bits per heavy atom. The Bertz CT molecular complexity index is 593. The fourth-order valence-electron chi connectivity index (χ4n) is 0.964. The normalized spacial score (nSPS) is 10.4. The van der Waals surface area contributed by atoms with E-state index in [1.807, 2.05) is 0 Å². The van der Waals surface area contributed by atoms with E-state index in [1.54, 1.807) is 6.07 Å². The number of carbonyl (C=O) groups excluding carboxylic acids is 1. The van der Waals surface area contributed by atoms with Crippen LogP contribution in [0.3, 0.4) is 0 Å². The molecule has 0 aliphatic rings. The number of nitrogens with one attached hydrogen (secondary N) is 1. The molecule has 0 saturated carbocycles. The van der Waals surface area contributed by atoms with E-state index in [4.69, 9.17) is 15.9 Å². The first-order chi connectivity index (χ1) is 7.88. The molecule has 17 heavy (non-hydrogen) atoms. The van der Waals surface area contributed by atoms with Crippen molar-refractivity contribution >= 4 is 31.5 Å². The predicted molar refractivity (Wildman–Crippen MR) is 58.0 cm³/mol. The highest BCUT2D eigenvalue weighted by atomic mass is 35.7. The Balaban J connectivity index is 3.20. The molecule has 1 rings (SSSR count). The minimum atomic E-state index is -4.10. The van der Waals surface area contributed by atoms with Gasteiger partial charge in [0, 0.05) is 10.7 Å². The molecule has 0 aromatic carbocycles. The van der Waals surface area contributed by atoms with E-state index in [-0.39, 0.29) is 11.3 Å². The number of methoxy groups -OCH3 is 1. The molecule has 0 aliphatic heterocycles. The number of anilines is 1. The summed E-state index contributed by atoms with van der Waals surface area (Å²) >= 11 is 0. The van der Waals surface area contributed by atoms with Crippen LogP contribution < -0.4 is 5.32 Å². The maximum Gasteiger partial charge on any atom is 0.411 e. The molecule has 0 bridgehead atoms. The van der Waals surface area contributed by atoms with Crippen LogP contribution in [0.1, 0.15) is 5.56 Å². The fraction of sp³-hybridized carbons (Fsp3) is 0.125. The number of ether oxygens (including phenoxy) is 1. The van der Waals surface area contributed by atoms with Crippen molar-refractivity contribution < 1.29 is 17.9 Å².